The Balaban J connectivity index is 2.25. The van der Waals surface area contributed by atoms with Crippen molar-refractivity contribution < 1.29 is 0 Å². The molecule has 0 aliphatic carbocycles. The monoisotopic (exact) mass is 254 g/mol. The fourth-order valence-electron chi connectivity index (χ4n) is 2.33. The molecular formula is C17H22N2. The number of aryl methyl sites for hydroxylation is 2. The average Bonchev–Trinajstić information content (AvgIpc) is 2.42. The minimum Gasteiger partial charge on any atom is -0.386 e. The van der Waals surface area contributed by atoms with E-state index in [1.807, 2.05) is 7.05 Å². The lowest BCUT2D eigenvalue weighted by molar-refractivity contribution is 0.913. The molecule has 100 valence electrons. The Morgan fingerprint density at radius 3 is 2.53 bits per heavy atom. The normalized spacial score (nSPS) is 10.3. The van der Waals surface area contributed by atoms with E-state index >= 15 is 0 Å². The highest BCUT2D eigenvalue weighted by atomic mass is 15.1. The van der Waals surface area contributed by atoms with Gasteiger partial charge in [-0.15, -0.1) is 0 Å². The number of benzene rings is 2. The van der Waals surface area contributed by atoms with E-state index in [2.05, 4.69) is 73.6 Å². The summed E-state index contributed by atoms with van der Waals surface area (Å²) in [7, 11) is 4.10. The Labute approximate surface area is 116 Å². The minimum atomic E-state index is 0.923. The van der Waals surface area contributed by atoms with Gasteiger partial charge in [-0.2, -0.15) is 0 Å². The van der Waals surface area contributed by atoms with Gasteiger partial charge in [0.15, 0.2) is 0 Å². The maximum absolute atomic E-state index is 3.25. The highest BCUT2D eigenvalue weighted by molar-refractivity contribution is 5.69. The first kappa shape index (κ1) is 13.5. The van der Waals surface area contributed by atoms with Gasteiger partial charge in [-0.1, -0.05) is 35.9 Å². The third-order valence-electron chi connectivity index (χ3n) is 3.50. The predicted molar refractivity (Wildman–Crippen MR) is 84.0 cm³/mol. The Kier molecular flexibility index (Phi) is 4.10. The second-order valence-corrected chi connectivity index (χ2v) is 5.05. The van der Waals surface area contributed by atoms with Gasteiger partial charge >= 0.3 is 0 Å². The van der Waals surface area contributed by atoms with Crippen LogP contribution in [0.3, 0.4) is 0 Å². The molecule has 0 fully saturated rings. The van der Waals surface area contributed by atoms with Crippen LogP contribution < -0.4 is 10.2 Å². The molecule has 0 bridgehead atoms. The molecule has 2 rings (SSSR count). The van der Waals surface area contributed by atoms with E-state index in [0.29, 0.717) is 0 Å². The molecule has 0 spiro atoms. The Morgan fingerprint density at radius 1 is 1.05 bits per heavy atom. The van der Waals surface area contributed by atoms with E-state index in [1.54, 1.807) is 0 Å². The number of nitrogens with one attached hydrogen (secondary N) is 1. The molecule has 2 aromatic rings. The van der Waals surface area contributed by atoms with Crippen molar-refractivity contribution in [3.05, 3.63) is 59.2 Å². The second kappa shape index (κ2) is 5.79. The Hall–Kier alpha value is -1.96. The lowest BCUT2D eigenvalue weighted by Gasteiger charge is -2.23. The van der Waals surface area contributed by atoms with E-state index < -0.39 is 0 Å². The van der Waals surface area contributed by atoms with Crippen LogP contribution in [-0.4, -0.2) is 14.1 Å². The zero-order valence-electron chi connectivity index (χ0n) is 12.2. The van der Waals surface area contributed by atoms with Crippen LogP contribution >= 0.6 is 0 Å². The number of rotatable bonds is 4. The maximum Gasteiger partial charge on any atom is 0.0602 e. The first-order valence-corrected chi connectivity index (χ1v) is 6.66. The average molecular weight is 254 g/mol. The molecule has 0 aliphatic heterocycles. The number of hydrogen-bond acceptors (Lipinski definition) is 2. The van der Waals surface area contributed by atoms with E-state index in [0.717, 1.165) is 12.2 Å². The van der Waals surface area contributed by atoms with Gasteiger partial charge in [0.2, 0.25) is 0 Å². The highest BCUT2D eigenvalue weighted by Gasteiger charge is 2.08. The van der Waals surface area contributed by atoms with Gasteiger partial charge in [-0.25, -0.2) is 0 Å². The number of anilines is 2. The van der Waals surface area contributed by atoms with Gasteiger partial charge in [-0.05, 0) is 37.1 Å². The standard InChI is InChI=1S/C17H22N2/c1-13-9-10-14(2)15(11-13)12-19(4)17-8-6-5-7-16(17)18-3/h5-11,18H,12H2,1-4H3. The molecule has 0 atom stereocenters. The molecule has 2 aromatic carbocycles. The quantitative estimate of drug-likeness (QED) is 0.887. The van der Waals surface area contributed by atoms with Gasteiger partial charge in [0, 0.05) is 20.6 Å². The molecule has 0 amide bonds. The van der Waals surface area contributed by atoms with Gasteiger partial charge in [0.1, 0.15) is 0 Å². The summed E-state index contributed by atoms with van der Waals surface area (Å²) in [5.41, 5.74) is 6.44. The predicted octanol–water partition coefficient (Wildman–Crippen LogP) is 3.98. The number of hydrogen-bond donors (Lipinski definition) is 1. The summed E-state index contributed by atoms with van der Waals surface area (Å²) >= 11 is 0. The fourth-order valence-corrected chi connectivity index (χ4v) is 2.33. The minimum absolute atomic E-state index is 0.923. The van der Waals surface area contributed by atoms with Crippen molar-refractivity contribution in [1.82, 2.24) is 0 Å². The lowest BCUT2D eigenvalue weighted by Crippen LogP contribution is -2.18. The van der Waals surface area contributed by atoms with Crippen LogP contribution in [0.4, 0.5) is 11.4 Å². The summed E-state index contributed by atoms with van der Waals surface area (Å²) in [6.07, 6.45) is 0. The molecule has 0 aliphatic rings. The zero-order valence-corrected chi connectivity index (χ0v) is 12.2. The summed E-state index contributed by atoms with van der Waals surface area (Å²) in [6, 6.07) is 15.0. The molecule has 0 aromatic heterocycles. The summed E-state index contributed by atoms with van der Waals surface area (Å²) in [5.74, 6) is 0. The van der Waals surface area contributed by atoms with Crippen molar-refractivity contribution in [2.24, 2.45) is 0 Å². The Morgan fingerprint density at radius 2 is 1.79 bits per heavy atom. The first-order chi connectivity index (χ1) is 9.11. The molecule has 2 heteroatoms. The summed E-state index contributed by atoms with van der Waals surface area (Å²) < 4.78 is 0. The van der Waals surface area contributed by atoms with Crippen molar-refractivity contribution in [1.29, 1.82) is 0 Å². The maximum atomic E-state index is 3.25. The fraction of sp³-hybridized carbons (Fsp3) is 0.294. The molecule has 0 saturated carbocycles. The van der Waals surface area contributed by atoms with E-state index in [-0.39, 0.29) is 0 Å². The molecule has 19 heavy (non-hydrogen) atoms. The van der Waals surface area contributed by atoms with Gasteiger partial charge in [0.25, 0.3) is 0 Å². The molecular weight excluding hydrogens is 232 g/mol. The van der Waals surface area contributed by atoms with Crippen molar-refractivity contribution in [3.8, 4) is 0 Å². The SMILES string of the molecule is CNc1ccccc1N(C)Cc1cc(C)ccc1C. The molecule has 1 N–H and O–H groups in total. The van der Waals surface area contributed by atoms with Crippen molar-refractivity contribution in [3.63, 3.8) is 0 Å². The van der Waals surface area contributed by atoms with E-state index in [4.69, 9.17) is 0 Å². The smallest absolute Gasteiger partial charge is 0.0602 e. The van der Waals surface area contributed by atoms with E-state index in [1.165, 1.54) is 22.4 Å². The van der Waals surface area contributed by atoms with Crippen molar-refractivity contribution in [2.45, 2.75) is 20.4 Å². The van der Waals surface area contributed by atoms with Crippen LogP contribution in [0.25, 0.3) is 0 Å². The van der Waals surface area contributed by atoms with Crippen LogP contribution in [0.5, 0.6) is 0 Å². The zero-order chi connectivity index (χ0) is 13.8. The second-order valence-electron chi connectivity index (χ2n) is 5.05. The number of nitrogens with zero attached hydrogens (tertiary/aromatic N) is 1. The molecule has 0 saturated heterocycles. The van der Waals surface area contributed by atoms with Crippen LogP contribution in [0, 0.1) is 13.8 Å². The molecule has 0 radical (unpaired) electrons. The van der Waals surface area contributed by atoms with Crippen LogP contribution in [0.2, 0.25) is 0 Å². The highest BCUT2D eigenvalue weighted by Crippen LogP contribution is 2.26. The summed E-state index contributed by atoms with van der Waals surface area (Å²) in [4.78, 5) is 2.29. The first-order valence-electron chi connectivity index (χ1n) is 6.66. The van der Waals surface area contributed by atoms with Gasteiger partial charge in [0.05, 0.1) is 11.4 Å². The summed E-state index contributed by atoms with van der Waals surface area (Å²) in [5, 5.41) is 3.25. The van der Waals surface area contributed by atoms with Crippen molar-refractivity contribution >= 4 is 11.4 Å². The van der Waals surface area contributed by atoms with Gasteiger partial charge < -0.3 is 10.2 Å². The molecule has 2 nitrogen and oxygen atoms in total. The largest absolute Gasteiger partial charge is 0.386 e. The van der Waals surface area contributed by atoms with Gasteiger partial charge in [-0.3, -0.25) is 0 Å². The summed E-state index contributed by atoms with van der Waals surface area (Å²) in [6.45, 7) is 5.24. The third-order valence-corrected chi connectivity index (χ3v) is 3.50. The molecule has 0 heterocycles. The third kappa shape index (κ3) is 3.08. The van der Waals surface area contributed by atoms with Crippen LogP contribution in [0.1, 0.15) is 16.7 Å². The topological polar surface area (TPSA) is 15.3 Å². The van der Waals surface area contributed by atoms with Crippen LogP contribution in [0.15, 0.2) is 42.5 Å². The van der Waals surface area contributed by atoms with Crippen LogP contribution in [-0.2, 0) is 6.54 Å². The molecule has 0 unspecified atom stereocenters. The Bertz CT molecular complexity index is 561. The van der Waals surface area contributed by atoms with E-state index in [9.17, 15) is 0 Å². The lowest BCUT2D eigenvalue weighted by atomic mass is 10.1. The van der Waals surface area contributed by atoms with Crippen molar-refractivity contribution in [2.75, 3.05) is 24.3 Å². The number of para-hydroxylation sites is 2.